The minimum atomic E-state index is -0.148. The van der Waals surface area contributed by atoms with Crippen molar-refractivity contribution in [2.75, 3.05) is 0 Å². The normalized spacial score (nSPS) is 10.2. The van der Waals surface area contributed by atoms with Gasteiger partial charge < -0.3 is 4.98 Å². The zero-order valence-electron chi connectivity index (χ0n) is 7.06. The van der Waals surface area contributed by atoms with Gasteiger partial charge in [0.2, 0.25) is 5.56 Å². The van der Waals surface area contributed by atoms with Gasteiger partial charge >= 0.3 is 0 Å². The highest BCUT2D eigenvalue weighted by molar-refractivity contribution is 5.26. The summed E-state index contributed by atoms with van der Waals surface area (Å²) < 4.78 is 1.56. The Morgan fingerprint density at radius 2 is 2.38 bits per heavy atom. The Kier molecular flexibility index (Phi) is 1.70. The first-order valence-corrected chi connectivity index (χ1v) is 3.83. The van der Waals surface area contributed by atoms with E-state index in [1.807, 2.05) is 0 Å². The first-order chi connectivity index (χ1) is 6.25. The molecule has 66 valence electrons. The van der Waals surface area contributed by atoms with E-state index in [0.717, 1.165) is 0 Å². The number of aromatic nitrogens is 4. The van der Waals surface area contributed by atoms with Crippen LogP contribution >= 0.6 is 0 Å². The van der Waals surface area contributed by atoms with E-state index < -0.39 is 0 Å². The predicted octanol–water partition coefficient (Wildman–Crippen LogP) is 0.264. The van der Waals surface area contributed by atoms with Gasteiger partial charge in [-0.3, -0.25) is 4.79 Å². The van der Waals surface area contributed by atoms with Crippen molar-refractivity contribution in [2.24, 2.45) is 0 Å². The van der Waals surface area contributed by atoms with Crippen LogP contribution in [0.3, 0.4) is 0 Å². The highest BCUT2D eigenvalue weighted by atomic mass is 16.1. The van der Waals surface area contributed by atoms with Gasteiger partial charge in [-0.05, 0) is 13.0 Å². The van der Waals surface area contributed by atoms with Crippen LogP contribution in [0.1, 0.15) is 5.82 Å². The third-order valence-corrected chi connectivity index (χ3v) is 1.63. The zero-order valence-corrected chi connectivity index (χ0v) is 7.06. The smallest absolute Gasteiger partial charge is 0.250 e. The Morgan fingerprint density at radius 3 is 3.00 bits per heavy atom. The number of nitrogens with one attached hydrogen (secondary N) is 1. The molecule has 0 saturated heterocycles. The maximum absolute atomic E-state index is 11.0. The predicted molar refractivity (Wildman–Crippen MR) is 46.7 cm³/mol. The quantitative estimate of drug-likeness (QED) is 0.678. The van der Waals surface area contributed by atoms with Crippen molar-refractivity contribution in [3.8, 4) is 5.69 Å². The third-order valence-electron chi connectivity index (χ3n) is 1.63. The van der Waals surface area contributed by atoms with Gasteiger partial charge in [-0.15, -0.1) is 0 Å². The van der Waals surface area contributed by atoms with Crippen molar-refractivity contribution in [1.29, 1.82) is 0 Å². The zero-order chi connectivity index (χ0) is 9.26. The molecule has 0 radical (unpaired) electrons. The SMILES string of the molecule is Cc1ncn(-c2cc[nH]c(=O)c2)n1. The highest BCUT2D eigenvalue weighted by Crippen LogP contribution is 2.00. The molecule has 0 saturated carbocycles. The van der Waals surface area contributed by atoms with Gasteiger partial charge in [0.25, 0.3) is 0 Å². The van der Waals surface area contributed by atoms with E-state index in [1.165, 1.54) is 6.07 Å². The Labute approximate surface area is 74.1 Å². The van der Waals surface area contributed by atoms with Gasteiger partial charge in [0.1, 0.15) is 12.2 Å². The molecular weight excluding hydrogens is 168 g/mol. The van der Waals surface area contributed by atoms with Crippen LogP contribution in [0.4, 0.5) is 0 Å². The standard InChI is InChI=1S/C8H8N4O/c1-6-10-5-12(11-6)7-2-3-9-8(13)4-7/h2-5H,1H3,(H,9,13). The lowest BCUT2D eigenvalue weighted by molar-refractivity contribution is 0.858. The Bertz CT molecular complexity index is 471. The minimum Gasteiger partial charge on any atom is -0.329 e. The van der Waals surface area contributed by atoms with Crippen LogP contribution in [-0.2, 0) is 0 Å². The fourth-order valence-electron chi connectivity index (χ4n) is 1.05. The fourth-order valence-corrected chi connectivity index (χ4v) is 1.05. The van der Waals surface area contributed by atoms with Gasteiger partial charge in [-0.2, -0.15) is 5.10 Å². The molecule has 0 aliphatic rings. The second-order valence-corrected chi connectivity index (χ2v) is 2.65. The van der Waals surface area contributed by atoms with Crippen molar-refractivity contribution in [2.45, 2.75) is 6.92 Å². The van der Waals surface area contributed by atoms with Crippen LogP contribution in [0.25, 0.3) is 5.69 Å². The van der Waals surface area contributed by atoms with Crippen LogP contribution in [0.2, 0.25) is 0 Å². The molecule has 2 heterocycles. The van der Waals surface area contributed by atoms with Crippen molar-refractivity contribution in [3.05, 3.63) is 40.8 Å². The first-order valence-electron chi connectivity index (χ1n) is 3.83. The fraction of sp³-hybridized carbons (Fsp3) is 0.125. The summed E-state index contributed by atoms with van der Waals surface area (Å²) >= 11 is 0. The Hall–Kier alpha value is -1.91. The molecule has 0 bridgehead atoms. The van der Waals surface area contributed by atoms with Gasteiger partial charge in [-0.1, -0.05) is 0 Å². The van der Waals surface area contributed by atoms with E-state index in [2.05, 4.69) is 15.1 Å². The van der Waals surface area contributed by atoms with E-state index in [4.69, 9.17) is 0 Å². The maximum Gasteiger partial charge on any atom is 0.250 e. The third kappa shape index (κ3) is 1.48. The van der Waals surface area contributed by atoms with Gasteiger partial charge in [0.05, 0.1) is 5.69 Å². The van der Waals surface area contributed by atoms with Crippen molar-refractivity contribution in [1.82, 2.24) is 19.7 Å². The second-order valence-electron chi connectivity index (χ2n) is 2.65. The summed E-state index contributed by atoms with van der Waals surface area (Å²) in [5.41, 5.74) is 0.565. The van der Waals surface area contributed by atoms with Crippen LogP contribution in [-0.4, -0.2) is 19.7 Å². The summed E-state index contributed by atoms with van der Waals surface area (Å²) in [5, 5.41) is 4.07. The monoisotopic (exact) mass is 176 g/mol. The maximum atomic E-state index is 11.0. The number of hydrogen-bond acceptors (Lipinski definition) is 3. The number of H-pyrrole nitrogens is 1. The highest BCUT2D eigenvalue weighted by Gasteiger charge is 1.98. The average Bonchev–Trinajstić information content (AvgIpc) is 2.52. The molecule has 0 fully saturated rings. The summed E-state index contributed by atoms with van der Waals surface area (Å²) in [4.78, 5) is 17.4. The molecule has 0 aliphatic carbocycles. The van der Waals surface area contributed by atoms with E-state index in [0.29, 0.717) is 11.5 Å². The molecule has 2 aromatic rings. The largest absolute Gasteiger partial charge is 0.329 e. The van der Waals surface area contributed by atoms with E-state index >= 15 is 0 Å². The summed E-state index contributed by atoms with van der Waals surface area (Å²) in [6.45, 7) is 1.80. The molecule has 2 aromatic heterocycles. The topological polar surface area (TPSA) is 63.6 Å². The van der Waals surface area contributed by atoms with Crippen LogP contribution < -0.4 is 5.56 Å². The van der Waals surface area contributed by atoms with E-state index in [9.17, 15) is 4.79 Å². The molecule has 1 N–H and O–H groups in total. The molecule has 0 atom stereocenters. The molecule has 2 rings (SSSR count). The number of pyridine rings is 1. The van der Waals surface area contributed by atoms with Crippen LogP contribution in [0, 0.1) is 6.92 Å². The second kappa shape index (κ2) is 2.85. The van der Waals surface area contributed by atoms with E-state index in [1.54, 1.807) is 30.2 Å². The average molecular weight is 176 g/mol. The lowest BCUT2D eigenvalue weighted by atomic mass is 10.4. The molecule has 0 spiro atoms. The van der Waals surface area contributed by atoms with Gasteiger partial charge in [0, 0.05) is 12.3 Å². The molecule has 0 amide bonds. The molecule has 0 aromatic carbocycles. The first kappa shape index (κ1) is 7.72. The minimum absolute atomic E-state index is 0.148. The number of nitrogens with zero attached hydrogens (tertiary/aromatic N) is 3. The Balaban J connectivity index is 2.52. The number of aryl methyl sites for hydroxylation is 1. The molecule has 0 unspecified atom stereocenters. The lowest BCUT2D eigenvalue weighted by Gasteiger charge is -1.96. The molecule has 13 heavy (non-hydrogen) atoms. The van der Waals surface area contributed by atoms with E-state index in [-0.39, 0.29) is 5.56 Å². The van der Waals surface area contributed by atoms with Crippen LogP contribution in [0.15, 0.2) is 29.5 Å². The number of aromatic amines is 1. The summed E-state index contributed by atoms with van der Waals surface area (Å²) in [6, 6.07) is 3.23. The van der Waals surface area contributed by atoms with Crippen LogP contribution in [0.5, 0.6) is 0 Å². The number of hydrogen-bond donors (Lipinski definition) is 1. The van der Waals surface area contributed by atoms with Crippen molar-refractivity contribution in [3.63, 3.8) is 0 Å². The molecule has 5 nitrogen and oxygen atoms in total. The summed E-state index contributed by atoms with van der Waals surface area (Å²) in [5.74, 6) is 0.681. The molecule has 5 heteroatoms. The summed E-state index contributed by atoms with van der Waals surface area (Å²) in [7, 11) is 0. The van der Waals surface area contributed by atoms with Gasteiger partial charge in [0.15, 0.2) is 0 Å². The molecular formula is C8H8N4O. The van der Waals surface area contributed by atoms with Crippen molar-refractivity contribution >= 4 is 0 Å². The summed E-state index contributed by atoms with van der Waals surface area (Å²) in [6.07, 6.45) is 3.15. The van der Waals surface area contributed by atoms with Gasteiger partial charge in [-0.25, -0.2) is 9.67 Å². The number of rotatable bonds is 1. The Morgan fingerprint density at radius 1 is 1.54 bits per heavy atom. The molecule has 0 aliphatic heterocycles. The lowest BCUT2D eigenvalue weighted by Crippen LogP contribution is -2.06. The van der Waals surface area contributed by atoms with Crippen molar-refractivity contribution < 1.29 is 0 Å².